The van der Waals surface area contributed by atoms with Crippen molar-refractivity contribution in [3.05, 3.63) is 17.4 Å². The molecule has 1 saturated heterocycles. The molecule has 112 valence electrons. The summed E-state index contributed by atoms with van der Waals surface area (Å²) >= 11 is 5.80. The molecule has 1 atom stereocenters. The van der Waals surface area contributed by atoms with Gasteiger partial charge in [0.2, 0.25) is 16.0 Å². The van der Waals surface area contributed by atoms with E-state index in [9.17, 15) is 8.42 Å². The number of hydrogen-bond acceptors (Lipinski definition) is 5. The van der Waals surface area contributed by atoms with Crippen LogP contribution < -0.4 is 9.62 Å². The normalized spacial score (nSPS) is 20.1. The largest absolute Gasteiger partial charge is 0.338 e. The minimum atomic E-state index is -3.13. The summed E-state index contributed by atoms with van der Waals surface area (Å²) in [5, 5.41) is 0.515. The number of hydrogen-bond donors (Lipinski definition) is 1. The van der Waals surface area contributed by atoms with Crippen molar-refractivity contribution < 1.29 is 8.42 Å². The number of rotatable bonds is 5. The van der Waals surface area contributed by atoms with E-state index >= 15 is 0 Å². The molecule has 0 bridgehead atoms. The molecule has 6 nitrogen and oxygen atoms in total. The van der Waals surface area contributed by atoms with Crippen LogP contribution in [0.2, 0.25) is 5.02 Å². The predicted molar refractivity (Wildman–Crippen MR) is 79.5 cm³/mol. The van der Waals surface area contributed by atoms with Gasteiger partial charge in [-0.3, -0.25) is 0 Å². The molecule has 0 unspecified atom stereocenters. The monoisotopic (exact) mass is 318 g/mol. The van der Waals surface area contributed by atoms with Crippen molar-refractivity contribution in [1.29, 1.82) is 0 Å². The first-order valence-electron chi connectivity index (χ1n) is 6.64. The predicted octanol–water partition coefficient (Wildman–Crippen LogP) is 1.43. The van der Waals surface area contributed by atoms with Gasteiger partial charge in [-0.15, -0.1) is 0 Å². The summed E-state index contributed by atoms with van der Waals surface area (Å²) in [6, 6.07) is 0.263. The zero-order valence-corrected chi connectivity index (χ0v) is 13.0. The fourth-order valence-electron chi connectivity index (χ4n) is 2.43. The van der Waals surface area contributed by atoms with Crippen LogP contribution in [0.1, 0.15) is 25.7 Å². The molecule has 20 heavy (non-hydrogen) atoms. The van der Waals surface area contributed by atoms with Crippen LogP contribution in [0.15, 0.2) is 12.4 Å². The molecule has 1 fully saturated rings. The van der Waals surface area contributed by atoms with Crippen LogP contribution in [0.3, 0.4) is 0 Å². The maximum atomic E-state index is 11.1. The number of halogens is 1. The first-order chi connectivity index (χ1) is 9.46. The number of piperidine rings is 1. The van der Waals surface area contributed by atoms with E-state index in [4.69, 9.17) is 11.6 Å². The van der Waals surface area contributed by atoms with E-state index in [1.165, 1.54) is 6.26 Å². The summed E-state index contributed by atoms with van der Waals surface area (Å²) in [5.41, 5.74) is 0. The van der Waals surface area contributed by atoms with Gasteiger partial charge in [0.1, 0.15) is 0 Å². The van der Waals surface area contributed by atoms with Crippen LogP contribution in [-0.2, 0) is 10.0 Å². The van der Waals surface area contributed by atoms with Crippen molar-refractivity contribution in [2.24, 2.45) is 0 Å². The Bertz CT molecular complexity index is 535. The smallest absolute Gasteiger partial charge is 0.225 e. The zero-order chi connectivity index (χ0) is 14.6. The minimum Gasteiger partial charge on any atom is -0.338 e. The summed E-state index contributed by atoms with van der Waals surface area (Å²) < 4.78 is 24.7. The van der Waals surface area contributed by atoms with Crippen LogP contribution in [0, 0.1) is 0 Å². The first kappa shape index (κ1) is 15.5. The number of aromatic nitrogens is 2. The first-order valence-corrected chi connectivity index (χ1v) is 8.91. The molecule has 0 saturated carbocycles. The molecular formula is C12H19ClN4O2S. The van der Waals surface area contributed by atoms with Crippen LogP contribution in [-0.4, -0.2) is 43.8 Å². The lowest BCUT2D eigenvalue weighted by molar-refractivity contribution is 0.430. The Morgan fingerprint density at radius 1 is 1.40 bits per heavy atom. The van der Waals surface area contributed by atoms with Gasteiger partial charge in [0, 0.05) is 19.1 Å². The number of anilines is 1. The second-order valence-electron chi connectivity index (χ2n) is 5.00. The average molecular weight is 319 g/mol. The third kappa shape index (κ3) is 4.57. The molecule has 2 heterocycles. The van der Waals surface area contributed by atoms with E-state index in [0.29, 0.717) is 17.5 Å². The van der Waals surface area contributed by atoms with Gasteiger partial charge >= 0.3 is 0 Å². The Labute approximate surface area is 124 Å². The van der Waals surface area contributed by atoms with Crippen molar-refractivity contribution >= 4 is 27.6 Å². The van der Waals surface area contributed by atoms with Crippen molar-refractivity contribution in [3.63, 3.8) is 0 Å². The molecule has 0 aromatic carbocycles. The van der Waals surface area contributed by atoms with Crippen molar-refractivity contribution in [1.82, 2.24) is 14.7 Å². The van der Waals surface area contributed by atoms with Crippen molar-refractivity contribution in [2.75, 3.05) is 24.2 Å². The van der Waals surface area contributed by atoms with Gasteiger partial charge in [0.05, 0.1) is 23.7 Å². The SMILES string of the molecule is CS(=O)(=O)NCC[C@@H]1CCCCN1c1ncc(Cl)cn1. The third-order valence-corrected chi connectivity index (χ3v) is 4.26. The summed E-state index contributed by atoms with van der Waals surface area (Å²) in [4.78, 5) is 10.6. The summed E-state index contributed by atoms with van der Waals surface area (Å²) in [6.45, 7) is 1.33. The highest BCUT2D eigenvalue weighted by Gasteiger charge is 2.24. The fraction of sp³-hybridized carbons (Fsp3) is 0.667. The molecule has 2 rings (SSSR count). The molecule has 1 aromatic rings. The van der Waals surface area contributed by atoms with Gasteiger partial charge in [-0.25, -0.2) is 23.1 Å². The maximum absolute atomic E-state index is 11.1. The van der Waals surface area contributed by atoms with E-state index in [2.05, 4.69) is 19.6 Å². The van der Waals surface area contributed by atoms with E-state index < -0.39 is 10.0 Å². The second kappa shape index (κ2) is 6.69. The molecule has 0 aliphatic carbocycles. The summed E-state index contributed by atoms with van der Waals surface area (Å²) in [7, 11) is -3.13. The van der Waals surface area contributed by atoms with Crippen LogP contribution >= 0.6 is 11.6 Å². The second-order valence-corrected chi connectivity index (χ2v) is 7.27. The highest BCUT2D eigenvalue weighted by Crippen LogP contribution is 2.23. The Balaban J connectivity index is 2.00. The Morgan fingerprint density at radius 3 is 2.75 bits per heavy atom. The Morgan fingerprint density at radius 2 is 2.10 bits per heavy atom. The molecule has 1 N–H and O–H groups in total. The molecule has 8 heteroatoms. The standard InChI is InChI=1S/C12H19ClN4O2S/c1-20(18,19)16-6-5-11-4-2-3-7-17(11)12-14-8-10(13)9-15-12/h8-9,11,16H,2-7H2,1H3/t11-/m0/s1. The lowest BCUT2D eigenvalue weighted by Gasteiger charge is -2.35. The molecule has 1 aliphatic heterocycles. The van der Waals surface area contributed by atoms with Gasteiger partial charge in [-0.05, 0) is 25.7 Å². The van der Waals surface area contributed by atoms with Crippen LogP contribution in [0.5, 0.6) is 0 Å². The third-order valence-electron chi connectivity index (χ3n) is 3.33. The number of sulfonamides is 1. The lowest BCUT2D eigenvalue weighted by atomic mass is 10.00. The van der Waals surface area contributed by atoms with Gasteiger partial charge in [-0.2, -0.15) is 0 Å². The molecule has 0 spiro atoms. The minimum absolute atomic E-state index is 0.263. The van der Waals surface area contributed by atoms with Crippen molar-refractivity contribution in [2.45, 2.75) is 31.7 Å². The van der Waals surface area contributed by atoms with Gasteiger partial charge < -0.3 is 4.90 Å². The van der Waals surface area contributed by atoms with Gasteiger partial charge in [-0.1, -0.05) is 11.6 Å². The van der Waals surface area contributed by atoms with Crippen LogP contribution in [0.25, 0.3) is 0 Å². The highest BCUT2D eigenvalue weighted by atomic mass is 35.5. The summed E-state index contributed by atoms with van der Waals surface area (Å²) in [6.07, 6.45) is 8.37. The lowest BCUT2D eigenvalue weighted by Crippen LogP contribution is -2.42. The maximum Gasteiger partial charge on any atom is 0.225 e. The highest BCUT2D eigenvalue weighted by molar-refractivity contribution is 7.88. The molecule has 1 aliphatic rings. The van der Waals surface area contributed by atoms with E-state index in [0.717, 1.165) is 32.2 Å². The molecule has 1 aromatic heterocycles. The molecule has 0 radical (unpaired) electrons. The van der Waals surface area contributed by atoms with E-state index in [1.54, 1.807) is 12.4 Å². The zero-order valence-electron chi connectivity index (χ0n) is 11.4. The summed E-state index contributed by atoms with van der Waals surface area (Å²) in [5.74, 6) is 0.665. The molecular weight excluding hydrogens is 300 g/mol. The Kier molecular flexibility index (Phi) is 5.17. The van der Waals surface area contributed by atoms with Crippen LogP contribution in [0.4, 0.5) is 5.95 Å². The topological polar surface area (TPSA) is 75.2 Å². The number of nitrogens with zero attached hydrogens (tertiary/aromatic N) is 3. The number of nitrogens with one attached hydrogen (secondary N) is 1. The fourth-order valence-corrected chi connectivity index (χ4v) is 3.01. The van der Waals surface area contributed by atoms with Crippen molar-refractivity contribution in [3.8, 4) is 0 Å². The van der Waals surface area contributed by atoms with E-state index in [1.807, 2.05) is 0 Å². The quantitative estimate of drug-likeness (QED) is 0.889. The van der Waals surface area contributed by atoms with Gasteiger partial charge in [0.15, 0.2) is 0 Å². The van der Waals surface area contributed by atoms with Gasteiger partial charge in [0.25, 0.3) is 0 Å². The van der Waals surface area contributed by atoms with E-state index in [-0.39, 0.29) is 6.04 Å². The average Bonchev–Trinajstić information content (AvgIpc) is 2.39. The Hall–Kier alpha value is -0.920. The molecule has 0 amide bonds.